The molecule has 0 saturated carbocycles. The standard InChI is InChI=1S/C34H40N2O/c1-35(25-29-13-5-3-6-14-29)23-21-31-17-9-11-19-33(31)27-37-28-34-20-12-10-18-32(34)22-24-36(2)26-30-15-7-4-8-16-30/h3-20H,21-28H2,1-2H3. The molecule has 4 aromatic rings. The summed E-state index contributed by atoms with van der Waals surface area (Å²) in [5, 5.41) is 0. The summed E-state index contributed by atoms with van der Waals surface area (Å²) in [7, 11) is 4.39. The van der Waals surface area contributed by atoms with E-state index in [0.29, 0.717) is 13.2 Å². The van der Waals surface area contributed by atoms with Gasteiger partial charge in [-0.1, -0.05) is 109 Å². The number of rotatable bonds is 14. The Kier molecular flexibility index (Phi) is 10.5. The van der Waals surface area contributed by atoms with Crippen LogP contribution in [0, 0.1) is 0 Å². The molecule has 3 nitrogen and oxygen atoms in total. The van der Waals surface area contributed by atoms with Gasteiger partial charge in [-0.2, -0.15) is 0 Å². The highest BCUT2D eigenvalue weighted by molar-refractivity contribution is 5.28. The van der Waals surface area contributed by atoms with Crippen LogP contribution in [-0.2, 0) is 43.9 Å². The molecule has 0 aromatic heterocycles. The van der Waals surface area contributed by atoms with Gasteiger partial charge in [0.2, 0.25) is 0 Å². The largest absolute Gasteiger partial charge is 0.372 e. The Bertz CT molecular complexity index is 1100. The van der Waals surface area contributed by atoms with E-state index >= 15 is 0 Å². The van der Waals surface area contributed by atoms with Gasteiger partial charge >= 0.3 is 0 Å². The number of nitrogens with zero attached hydrogens (tertiary/aromatic N) is 2. The Labute approximate surface area is 223 Å². The molecule has 0 atom stereocenters. The van der Waals surface area contributed by atoms with E-state index in [1.165, 1.54) is 33.4 Å². The quantitative estimate of drug-likeness (QED) is 0.194. The second-order valence-electron chi connectivity index (χ2n) is 9.98. The number of hydrogen-bond acceptors (Lipinski definition) is 3. The van der Waals surface area contributed by atoms with Crippen LogP contribution in [0.2, 0.25) is 0 Å². The van der Waals surface area contributed by atoms with Gasteiger partial charge < -0.3 is 14.5 Å². The van der Waals surface area contributed by atoms with E-state index in [2.05, 4.69) is 133 Å². The van der Waals surface area contributed by atoms with Crippen LogP contribution in [0.25, 0.3) is 0 Å². The predicted molar refractivity (Wildman–Crippen MR) is 154 cm³/mol. The summed E-state index contributed by atoms with van der Waals surface area (Å²) in [5.74, 6) is 0. The van der Waals surface area contributed by atoms with Crippen LogP contribution in [0.1, 0.15) is 33.4 Å². The lowest BCUT2D eigenvalue weighted by Gasteiger charge is -2.19. The highest BCUT2D eigenvalue weighted by atomic mass is 16.5. The van der Waals surface area contributed by atoms with Gasteiger partial charge in [0.05, 0.1) is 13.2 Å². The minimum absolute atomic E-state index is 0.640. The van der Waals surface area contributed by atoms with Gasteiger partial charge in [-0.15, -0.1) is 0 Å². The lowest BCUT2D eigenvalue weighted by molar-refractivity contribution is 0.106. The van der Waals surface area contributed by atoms with Crippen molar-refractivity contribution in [3.8, 4) is 0 Å². The summed E-state index contributed by atoms with van der Waals surface area (Å²) in [6, 6.07) is 38.7. The molecule has 0 fully saturated rings. The molecule has 0 aliphatic heterocycles. The average Bonchev–Trinajstić information content (AvgIpc) is 2.93. The maximum atomic E-state index is 6.26. The molecule has 0 radical (unpaired) electrons. The highest BCUT2D eigenvalue weighted by Crippen LogP contribution is 2.16. The zero-order valence-corrected chi connectivity index (χ0v) is 22.4. The van der Waals surface area contributed by atoms with Crippen molar-refractivity contribution in [3.05, 3.63) is 143 Å². The molecule has 0 aliphatic rings. The van der Waals surface area contributed by atoms with Crippen molar-refractivity contribution >= 4 is 0 Å². The molecule has 0 unspecified atom stereocenters. The van der Waals surface area contributed by atoms with Gasteiger partial charge in [0.1, 0.15) is 0 Å². The van der Waals surface area contributed by atoms with Gasteiger partial charge in [-0.05, 0) is 60.3 Å². The number of hydrogen-bond donors (Lipinski definition) is 0. The minimum Gasteiger partial charge on any atom is -0.372 e. The van der Waals surface area contributed by atoms with Crippen molar-refractivity contribution in [1.82, 2.24) is 9.80 Å². The van der Waals surface area contributed by atoms with Crippen molar-refractivity contribution in [2.24, 2.45) is 0 Å². The van der Waals surface area contributed by atoms with E-state index < -0.39 is 0 Å². The van der Waals surface area contributed by atoms with E-state index in [9.17, 15) is 0 Å². The van der Waals surface area contributed by atoms with Crippen LogP contribution in [-0.4, -0.2) is 37.0 Å². The van der Waals surface area contributed by atoms with Gasteiger partial charge in [0.15, 0.2) is 0 Å². The lowest BCUT2D eigenvalue weighted by atomic mass is 10.0. The van der Waals surface area contributed by atoms with Crippen LogP contribution in [0.5, 0.6) is 0 Å². The monoisotopic (exact) mass is 492 g/mol. The predicted octanol–water partition coefficient (Wildman–Crippen LogP) is 6.75. The van der Waals surface area contributed by atoms with Crippen molar-refractivity contribution in [2.45, 2.75) is 39.1 Å². The van der Waals surface area contributed by atoms with E-state index in [4.69, 9.17) is 4.74 Å². The Morgan fingerprint density at radius 2 is 0.811 bits per heavy atom. The van der Waals surface area contributed by atoms with Crippen LogP contribution >= 0.6 is 0 Å². The highest BCUT2D eigenvalue weighted by Gasteiger charge is 2.08. The van der Waals surface area contributed by atoms with Gasteiger partial charge in [0, 0.05) is 26.2 Å². The van der Waals surface area contributed by atoms with Crippen LogP contribution in [0.3, 0.4) is 0 Å². The zero-order valence-electron chi connectivity index (χ0n) is 22.4. The molecule has 0 amide bonds. The molecule has 4 rings (SSSR count). The first-order valence-electron chi connectivity index (χ1n) is 13.3. The van der Waals surface area contributed by atoms with Crippen molar-refractivity contribution in [3.63, 3.8) is 0 Å². The third kappa shape index (κ3) is 8.98. The molecule has 0 spiro atoms. The van der Waals surface area contributed by atoms with Gasteiger partial charge in [-0.3, -0.25) is 0 Å². The van der Waals surface area contributed by atoms with E-state index in [-0.39, 0.29) is 0 Å². The van der Waals surface area contributed by atoms with E-state index in [1.807, 2.05) is 0 Å². The summed E-state index contributed by atoms with van der Waals surface area (Å²) >= 11 is 0. The Hall–Kier alpha value is -3.24. The Balaban J connectivity index is 1.26. The SMILES string of the molecule is CN(CCc1ccccc1COCc1ccccc1CCN(C)Cc1ccccc1)Cc1ccccc1. The molecule has 0 N–H and O–H groups in total. The Morgan fingerprint density at radius 1 is 0.459 bits per heavy atom. The maximum absolute atomic E-state index is 6.26. The van der Waals surface area contributed by atoms with Crippen LogP contribution in [0.4, 0.5) is 0 Å². The third-order valence-electron chi connectivity index (χ3n) is 6.87. The summed E-state index contributed by atoms with van der Waals surface area (Å²) in [5.41, 5.74) is 8.03. The van der Waals surface area contributed by atoms with Crippen LogP contribution < -0.4 is 0 Å². The van der Waals surface area contributed by atoms with Crippen molar-refractivity contribution in [1.29, 1.82) is 0 Å². The summed E-state index contributed by atoms with van der Waals surface area (Å²) in [6.45, 7) is 5.26. The smallest absolute Gasteiger partial charge is 0.0724 e. The van der Waals surface area contributed by atoms with Crippen molar-refractivity contribution in [2.75, 3.05) is 27.2 Å². The molecule has 0 saturated heterocycles. The molecular formula is C34H40N2O. The fourth-order valence-electron chi connectivity index (χ4n) is 4.73. The fourth-order valence-corrected chi connectivity index (χ4v) is 4.73. The third-order valence-corrected chi connectivity index (χ3v) is 6.87. The normalized spacial score (nSPS) is 11.4. The molecule has 37 heavy (non-hydrogen) atoms. The second-order valence-corrected chi connectivity index (χ2v) is 9.98. The molecular weight excluding hydrogens is 452 g/mol. The second kappa shape index (κ2) is 14.5. The summed E-state index contributed by atoms with van der Waals surface area (Å²) in [4.78, 5) is 4.77. The molecule has 0 bridgehead atoms. The summed E-state index contributed by atoms with van der Waals surface area (Å²) < 4.78 is 6.26. The zero-order chi connectivity index (χ0) is 25.7. The molecule has 0 aliphatic carbocycles. The molecule has 192 valence electrons. The molecule has 0 heterocycles. The number of ether oxygens (including phenoxy) is 1. The van der Waals surface area contributed by atoms with Gasteiger partial charge in [0.25, 0.3) is 0 Å². The minimum atomic E-state index is 0.640. The first kappa shape index (κ1) is 26.8. The number of benzene rings is 4. The lowest BCUT2D eigenvalue weighted by Crippen LogP contribution is -2.21. The van der Waals surface area contributed by atoms with E-state index in [1.54, 1.807) is 0 Å². The Morgan fingerprint density at radius 3 is 1.22 bits per heavy atom. The molecule has 3 heteroatoms. The molecule has 4 aromatic carbocycles. The van der Waals surface area contributed by atoms with E-state index in [0.717, 1.165) is 39.0 Å². The van der Waals surface area contributed by atoms with Gasteiger partial charge in [-0.25, -0.2) is 0 Å². The average molecular weight is 493 g/mol. The maximum Gasteiger partial charge on any atom is 0.0724 e. The van der Waals surface area contributed by atoms with Crippen molar-refractivity contribution < 1.29 is 4.74 Å². The van der Waals surface area contributed by atoms with Crippen LogP contribution in [0.15, 0.2) is 109 Å². The summed E-state index contributed by atoms with van der Waals surface area (Å²) in [6.07, 6.45) is 2.04. The first-order valence-corrected chi connectivity index (χ1v) is 13.3. The fraction of sp³-hybridized carbons (Fsp3) is 0.294. The first-order chi connectivity index (χ1) is 18.2. The number of likely N-dealkylation sites (N-methyl/N-ethyl adjacent to an activating group) is 2. The topological polar surface area (TPSA) is 15.7 Å².